The zero-order valence-electron chi connectivity index (χ0n) is 14.5. The molecule has 26 heavy (non-hydrogen) atoms. The van der Waals surface area contributed by atoms with Crippen molar-refractivity contribution in [2.75, 3.05) is 26.8 Å². The SMILES string of the molecule is COc1ccc2cc(C3CN(C(=O)c4cccnn4)CCO3)ccc2c1. The Bertz CT molecular complexity index is 930. The summed E-state index contributed by atoms with van der Waals surface area (Å²) in [6, 6.07) is 15.6. The van der Waals surface area contributed by atoms with Crippen LogP contribution in [0.4, 0.5) is 0 Å². The van der Waals surface area contributed by atoms with E-state index in [-0.39, 0.29) is 12.0 Å². The number of carbonyl (C=O) groups is 1. The average molecular weight is 349 g/mol. The summed E-state index contributed by atoms with van der Waals surface area (Å²) >= 11 is 0. The molecule has 1 aliphatic heterocycles. The van der Waals surface area contributed by atoms with Crippen LogP contribution in [0, 0.1) is 0 Å². The molecule has 0 spiro atoms. The Morgan fingerprint density at radius 3 is 2.85 bits per heavy atom. The van der Waals surface area contributed by atoms with Crippen molar-refractivity contribution in [1.82, 2.24) is 15.1 Å². The molecule has 1 fully saturated rings. The average Bonchev–Trinajstić information content (AvgIpc) is 2.73. The largest absolute Gasteiger partial charge is 0.497 e. The predicted molar refractivity (Wildman–Crippen MR) is 97.1 cm³/mol. The molecule has 1 saturated heterocycles. The number of fused-ring (bicyclic) bond motifs is 1. The molecule has 1 unspecified atom stereocenters. The lowest BCUT2D eigenvalue weighted by molar-refractivity contribution is -0.0230. The molecule has 6 heteroatoms. The van der Waals surface area contributed by atoms with E-state index in [1.807, 2.05) is 24.3 Å². The number of aromatic nitrogens is 2. The minimum atomic E-state index is -0.157. The van der Waals surface area contributed by atoms with Crippen LogP contribution in [0.2, 0.25) is 0 Å². The summed E-state index contributed by atoms with van der Waals surface area (Å²) < 4.78 is 11.2. The van der Waals surface area contributed by atoms with Crippen molar-refractivity contribution < 1.29 is 14.3 Å². The highest BCUT2D eigenvalue weighted by atomic mass is 16.5. The number of morpholine rings is 1. The van der Waals surface area contributed by atoms with Gasteiger partial charge in [0.05, 0.1) is 20.3 Å². The summed E-state index contributed by atoms with van der Waals surface area (Å²) in [5.41, 5.74) is 1.41. The molecule has 0 radical (unpaired) electrons. The van der Waals surface area contributed by atoms with E-state index in [1.165, 1.54) is 0 Å². The lowest BCUT2D eigenvalue weighted by atomic mass is 10.0. The third-order valence-corrected chi connectivity index (χ3v) is 4.59. The fourth-order valence-electron chi connectivity index (χ4n) is 3.18. The quantitative estimate of drug-likeness (QED) is 0.727. The molecule has 0 aliphatic carbocycles. The lowest BCUT2D eigenvalue weighted by Crippen LogP contribution is -2.42. The van der Waals surface area contributed by atoms with Crippen molar-refractivity contribution >= 4 is 16.7 Å². The Morgan fingerprint density at radius 2 is 2.04 bits per heavy atom. The molecule has 1 aliphatic rings. The maximum Gasteiger partial charge on any atom is 0.274 e. The Balaban J connectivity index is 1.56. The van der Waals surface area contributed by atoms with Gasteiger partial charge < -0.3 is 14.4 Å². The first-order valence-corrected chi connectivity index (χ1v) is 8.51. The van der Waals surface area contributed by atoms with Crippen LogP contribution in [0.25, 0.3) is 10.8 Å². The van der Waals surface area contributed by atoms with Crippen LogP contribution in [0.3, 0.4) is 0 Å². The highest BCUT2D eigenvalue weighted by Crippen LogP contribution is 2.28. The van der Waals surface area contributed by atoms with Gasteiger partial charge in [0, 0.05) is 12.7 Å². The van der Waals surface area contributed by atoms with Gasteiger partial charge in [-0.25, -0.2) is 0 Å². The fraction of sp³-hybridized carbons (Fsp3) is 0.250. The number of ether oxygens (including phenoxy) is 2. The second kappa shape index (κ2) is 7.09. The Labute approximate surface area is 151 Å². The Hall–Kier alpha value is -2.99. The van der Waals surface area contributed by atoms with Crippen molar-refractivity contribution in [3.05, 3.63) is 66.0 Å². The fourth-order valence-corrected chi connectivity index (χ4v) is 3.18. The number of hydrogen-bond acceptors (Lipinski definition) is 5. The number of carbonyl (C=O) groups excluding carboxylic acids is 1. The molecule has 1 amide bonds. The predicted octanol–water partition coefficient (Wildman–Crippen LogP) is 2.85. The van der Waals surface area contributed by atoms with Crippen molar-refractivity contribution in [3.8, 4) is 5.75 Å². The zero-order valence-corrected chi connectivity index (χ0v) is 14.5. The van der Waals surface area contributed by atoms with Gasteiger partial charge in [0.2, 0.25) is 0 Å². The summed E-state index contributed by atoms with van der Waals surface area (Å²) in [7, 11) is 1.66. The summed E-state index contributed by atoms with van der Waals surface area (Å²) in [5, 5.41) is 9.92. The van der Waals surface area contributed by atoms with Crippen LogP contribution < -0.4 is 4.74 Å². The standard InChI is InChI=1S/C20H19N3O3/c1-25-17-7-6-14-11-16(5-4-15(14)12-17)19-13-23(9-10-26-19)20(24)18-3-2-8-21-22-18/h2-8,11-12,19H,9-10,13H2,1H3. The first-order valence-electron chi connectivity index (χ1n) is 8.51. The van der Waals surface area contributed by atoms with E-state index in [0.717, 1.165) is 22.1 Å². The molecule has 0 saturated carbocycles. The van der Waals surface area contributed by atoms with Crippen LogP contribution in [-0.2, 0) is 4.74 Å². The van der Waals surface area contributed by atoms with Crippen LogP contribution in [-0.4, -0.2) is 47.8 Å². The first kappa shape index (κ1) is 16.5. The highest BCUT2D eigenvalue weighted by Gasteiger charge is 2.27. The molecule has 6 nitrogen and oxygen atoms in total. The topological polar surface area (TPSA) is 64.5 Å². The molecular weight excluding hydrogens is 330 g/mol. The van der Waals surface area contributed by atoms with Gasteiger partial charge in [0.25, 0.3) is 5.91 Å². The minimum Gasteiger partial charge on any atom is -0.497 e. The summed E-state index contributed by atoms with van der Waals surface area (Å²) in [6.07, 6.45) is 1.40. The third kappa shape index (κ3) is 3.23. The van der Waals surface area contributed by atoms with E-state index >= 15 is 0 Å². The molecule has 0 bridgehead atoms. The minimum absolute atomic E-state index is 0.114. The van der Waals surface area contributed by atoms with Gasteiger partial charge in [-0.15, -0.1) is 5.10 Å². The number of rotatable bonds is 3. The van der Waals surface area contributed by atoms with Gasteiger partial charge in [-0.2, -0.15) is 5.10 Å². The van der Waals surface area contributed by atoms with Gasteiger partial charge in [-0.3, -0.25) is 4.79 Å². The molecular formula is C20H19N3O3. The number of benzene rings is 2. The van der Waals surface area contributed by atoms with Gasteiger partial charge in [0.1, 0.15) is 11.9 Å². The maximum atomic E-state index is 12.6. The number of nitrogens with zero attached hydrogens (tertiary/aromatic N) is 3. The van der Waals surface area contributed by atoms with Crippen molar-refractivity contribution in [2.24, 2.45) is 0 Å². The number of hydrogen-bond donors (Lipinski definition) is 0. The van der Waals surface area contributed by atoms with Crippen LogP contribution in [0.1, 0.15) is 22.2 Å². The molecule has 1 aromatic heterocycles. The zero-order chi connectivity index (χ0) is 17.9. The van der Waals surface area contributed by atoms with E-state index < -0.39 is 0 Å². The summed E-state index contributed by atoms with van der Waals surface area (Å²) in [5.74, 6) is 0.719. The van der Waals surface area contributed by atoms with E-state index in [1.54, 1.807) is 30.3 Å². The van der Waals surface area contributed by atoms with E-state index in [9.17, 15) is 4.79 Å². The van der Waals surface area contributed by atoms with Gasteiger partial charge in [-0.1, -0.05) is 18.2 Å². The van der Waals surface area contributed by atoms with Crippen LogP contribution >= 0.6 is 0 Å². The molecule has 4 rings (SSSR count). The van der Waals surface area contributed by atoms with E-state index in [0.29, 0.717) is 25.4 Å². The summed E-state index contributed by atoms with van der Waals surface area (Å²) in [6.45, 7) is 1.55. The second-order valence-electron chi connectivity index (χ2n) is 6.19. The van der Waals surface area contributed by atoms with E-state index in [4.69, 9.17) is 9.47 Å². The normalized spacial score (nSPS) is 17.3. The molecule has 0 N–H and O–H groups in total. The number of amides is 1. The van der Waals surface area contributed by atoms with Crippen LogP contribution in [0.5, 0.6) is 5.75 Å². The monoisotopic (exact) mass is 349 g/mol. The molecule has 1 atom stereocenters. The highest BCUT2D eigenvalue weighted by molar-refractivity contribution is 5.92. The van der Waals surface area contributed by atoms with Gasteiger partial charge >= 0.3 is 0 Å². The number of methoxy groups -OCH3 is 1. The van der Waals surface area contributed by atoms with E-state index in [2.05, 4.69) is 22.3 Å². The Morgan fingerprint density at radius 1 is 1.19 bits per heavy atom. The second-order valence-corrected chi connectivity index (χ2v) is 6.19. The van der Waals surface area contributed by atoms with Crippen molar-refractivity contribution in [3.63, 3.8) is 0 Å². The molecule has 2 heterocycles. The maximum absolute atomic E-state index is 12.6. The summed E-state index contributed by atoms with van der Waals surface area (Å²) in [4.78, 5) is 14.4. The lowest BCUT2D eigenvalue weighted by Gasteiger charge is -2.33. The third-order valence-electron chi connectivity index (χ3n) is 4.59. The molecule has 132 valence electrons. The van der Waals surface area contributed by atoms with Crippen molar-refractivity contribution in [1.29, 1.82) is 0 Å². The Kier molecular flexibility index (Phi) is 4.50. The van der Waals surface area contributed by atoms with Gasteiger partial charge in [-0.05, 0) is 46.7 Å². The van der Waals surface area contributed by atoms with Crippen LogP contribution in [0.15, 0.2) is 54.7 Å². The smallest absolute Gasteiger partial charge is 0.274 e. The first-order chi connectivity index (χ1) is 12.7. The van der Waals surface area contributed by atoms with Crippen molar-refractivity contribution in [2.45, 2.75) is 6.10 Å². The molecule has 3 aromatic rings. The molecule has 2 aromatic carbocycles. The van der Waals surface area contributed by atoms with Gasteiger partial charge in [0.15, 0.2) is 5.69 Å².